The number of fused-ring (bicyclic) bond motifs is 35. The molecular formula is C78H56N23OS+5. The van der Waals surface area contributed by atoms with E-state index in [0.717, 1.165) is 116 Å². The molecule has 0 fully saturated rings. The first kappa shape index (κ1) is 54.1. The summed E-state index contributed by atoms with van der Waals surface area (Å²) in [7, 11) is 2.07. The highest BCUT2D eigenvalue weighted by atomic mass is 32.1. The van der Waals surface area contributed by atoms with Crippen LogP contribution in [0.4, 0.5) is 0 Å². The van der Waals surface area contributed by atoms with Gasteiger partial charge in [-0.15, -0.1) is 24.9 Å². The lowest BCUT2D eigenvalue weighted by Crippen LogP contribution is -2.30. The van der Waals surface area contributed by atoms with Gasteiger partial charge in [0.05, 0.1) is 87.5 Å². The number of nitrogens with zero attached hydrogens (tertiary/aromatic N) is 23. The van der Waals surface area contributed by atoms with Gasteiger partial charge in [-0.3, -0.25) is 38.6 Å². The molecule has 0 radical (unpaired) electrons. The van der Waals surface area contributed by atoms with Gasteiger partial charge in [-0.2, -0.15) is 13.2 Å². The lowest BCUT2D eigenvalue weighted by Gasteiger charge is -2.02. The van der Waals surface area contributed by atoms with Crippen molar-refractivity contribution in [1.82, 2.24) is 86.0 Å². The van der Waals surface area contributed by atoms with Crippen molar-refractivity contribution in [1.29, 1.82) is 0 Å². The first-order valence-electron chi connectivity index (χ1n) is 35.1. The van der Waals surface area contributed by atoms with Gasteiger partial charge in [-0.1, -0.05) is 29.5 Å². The average Bonchev–Trinajstić information content (AvgIpc) is 1.65. The Kier molecular flexibility index (Phi) is 11.5. The molecule has 0 saturated carbocycles. The molecule has 26 rings (SSSR count). The molecule has 5 aliphatic rings. The highest BCUT2D eigenvalue weighted by molar-refractivity contribution is 7.23. The summed E-state index contributed by atoms with van der Waals surface area (Å²) in [5.41, 5.74) is 29.5. The Morgan fingerprint density at radius 3 is 1.51 bits per heavy atom. The minimum atomic E-state index is -2.30. The van der Waals surface area contributed by atoms with Crippen molar-refractivity contribution in [2.45, 2.75) is 32.7 Å². The zero-order valence-corrected chi connectivity index (χ0v) is 55.5. The van der Waals surface area contributed by atoms with Gasteiger partial charge in [-0.05, 0) is 103 Å². The molecule has 490 valence electrons. The molecule has 0 aliphatic carbocycles. The molecule has 0 amide bonds. The normalized spacial score (nSPS) is 13.5. The standard InChI is InChI=1S/C20H14N5.2C15H12N5.C14H9N4O.C14H9N4S/c1-2-5-15(6-3-1)25-17-7-4-9-22-19(17)24-13-23-12-14-11-21-10-8-16(14)18(23)20(24)25;2*1-18-14-12(3-2-5-17-14)20-9-13-11-4-6-16-7-10(11)8-19(13)15(18)20;2*1-2-11-13(16-4-1)18-8-17-7-9-6-15-5-3-10(9)12(17)14(18)19-11/h1-11,13H,12H2;2*2-7,9H,8H2,1H3;2*1-6,8H,7H2/q5*+1/i;1D3;;;. The molecule has 20 aromatic heterocycles. The predicted molar refractivity (Wildman–Crippen MR) is 384 cm³/mol. The lowest BCUT2D eigenvalue weighted by molar-refractivity contribution is -0.623. The molecular weight excluding hydrogens is 1310 g/mol. The number of pyridine rings is 10. The van der Waals surface area contributed by atoms with E-state index in [1.165, 1.54) is 75.7 Å². The molecule has 0 bridgehead atoms. The van der Waals surface area contributed by atoms with Crippen LogP contribution in [0.2, 0.25) is 0 Å². The van der Waals surface area contributed by atoms with Crippen LogP contribution in [-0.4, -0.2) is 86.0 Å². The summed E-state index contributed by atoms with van der Waals surface area (Å²) in [6.07, 6.45) is 38.3. The molecule has 103 heavy (non-hydrogen) atoms. The van der Waals surface area contributed by atoms with Gasteiger partial charge >= 0.3 is 22.9 Å². The Bertz CT molecular complexity index is 7090. The highest BCUT2D eigenvalue weighted by Crippen LogP contribution is 2.41. The first-order valence-corrected chi connectivity index (χ1v) is 34.4. The van der Waals surface area contributed by atoms with Crippen molar-refractivity contribution in [3.8, 4) is 62.0 Å². The van der Waals surface area contributed by atoms with Crippen molar-refractivity contribution in [3.05, 3.63) is 273 Å². The van der Waals surface area contributed by atoms with Gasteiger partial charge in [-0.25, -0.2) is 31.6 Å². The summed E-state index contributed by atoms with van der Waals surface area (Å²) in [5.74, 6) is 1.77. The summed E-state index contributed by atoms with van der Waals surface area (Å²) >= 11 is 1.80. The molecule has 1 aromatic carbocycles. The number of thiazole rings is 1. The summed E-state index contributed by atoms with van der Waals surface area (Å²) in [6.45, 7) is 1.78. The van der Waals surface area contributed by atoms with E-state index in [4.69, 9.17) is 8.53 Å². The molecule has 0 atom stereocenters. The predicted octanol–water partition coefficient (Wildman–Crippen LogP) is 10.1. The van der Waals surface area contributed by atoms with Gasteiger partial charge in [0.15, 0.2) is 52.6 Å². The number of aromatic nitrogens is 23. The molecule has 0 spiro atoms. The lowest BCUT2D eigenvalue weighted by atomic mass is 10.1. The number of para-hydroxylation sites is 1. The van der Waals surface area contributed by atoms with Crippen molar-refractivity contribution in [2.24, 2.45) is 14.0 Å². The third kappa shape index (κ3) is 8.35. The Morgan fingerprint density at radius 2 is 0.893 bits per heavy atom. The fourth-order valence-corrected chi connectivity index (χ4v) is 17.1. The zero-order valence-electron chi connectivity index (χ0n) is 57.7. The third-order valence-electron chi connectivity index (χ3n) is 20.3. The second-order valence-electron chi connectivity index (χ2n) is 26.0. The molecule has 21 aromatic rings. The van der Waals surface area contributed by atoms with Gasteiger partial charge in [0, 0.05) is 118 Å². The number of oxazole rings is 1. The topological polar surface area (TPSA) is 200 Å². The minimum Gasteiger partial charge on any atom is -0.419 e. The van der Waals surface area contributed by atoms with E-state index in [2.05, 4.69) is 177 Å². The Labute approximate surface area is 590 Å². The zero-order chi connectivity index (χ0) is 70.2. The van der Waals surface area contributed by atoms with Gasteiger partial charge in [0.2, 0.25) is 16.1 Å². The fraction of sp³-hybridized carbons (Fsp3) is 0.0897. The molecule has 25 heteroatoms. The highest BCUT2D eigenvalue weighted by Gasteiger charge is 2.36. The number of hydrogen-bond acceptors (Lipinski definition) is 12. The van der Waals surface area contributed by atoms with Crippen LogP contribution in [0.5, 0.6) is 0 Å². The second-order valence-corrected chi connectivity index (χ2v) is 27.0. The molecule has 24 nitrogen and oxygen atoms in total. The fourth-order valence-electron chi connectivity index (χ4n) is 16.0. The maximum absolute atomic E-state index is 7.93. The van der Waals surface area contributed by atoms with Crippen LogP contribution in [0.1, 0.15) is 31.9 Å². The number of aryl methyl sites for hydroxylation is 2. The first-order chi connectivity index (χ1) is 52.1. The molecule has 25 heterocycles. The SMILES string of the molecule is C[n+]1c2ncccc2n2cc3n(c21)Cc1cnccc1-3.[2H]C([2H])([2H])[n+]1c2ncccc2n2cc3n(c21)Cc1cnccc1-3.c1ccc(-n2c3cccnc3[n+]3cn4c(c23)-c2ccncc2C4)cc1.c1cnc2c(c1)oc1c3n(c[n+]12)Cc1cnccc1-3.c1cnc2c(c1)sc1c3n(c[n+]12)Cc1cnccc1-3. The number of hydrogen-bond donors (Lipinski definition) is 0. The molecule has 0 N–H and O–H groups in total. The number of rotatable bonds is 1. The van der Waals surface area contributed by atoms with Crippen molar-refractivity contribution in [2.75, 3.05) is 0 Å². The van der Waals surface area contributed by atoms with E-state index in [1.54, 1.807) is 29.9 Å². The van der Waals surface area contributed by atoms with Gasteiger partial charge in [0.1, 0.15) is 28.5 Å². The maximum Gasteiger partial charge on any atom is 0.329 e. The Balaban J connectivity index is 0.0000000830. The van der Waals surface area contributed by atoms with E-state index < -0.39 is 6.98 Å². The molecule has 0 unspecified atom stereocenters. The molecule has 5 aliphatic heterocycles. The monoisotopic (exact) mass is 1370 g/mol. The van der Waals surface area contributed by atoms with E-state index in [-0.39, 0.29) is 0 Å². The quantitative estimate of drug-likeness (QED) is 0.142. The molecule has 0 saturated heterocycles. The van der Waals surface area contributed by atoms with Gasteiger partial charge in [0.25, 0.3) is 22.6 Å². The average molecular weight is 1370 g/mol. The van der Waals surface area contributed by atoms with E-state index in [0.29, 0.717) is 18.0 Å². The minimum absolute atomic E-state index is 0.465. The Hall–Kier alpha value is -13.8. The van der Waals surface area contributed by atoms with Crippen LogP contribution in [0.25, 0.3) is 145 Å². The van der Waals surface area contributed by atoms with Gasteiger partial charge < -0.3 is 4.42 Å². The summed E-state index contributed by atoms with van der Waals surface area (Å²) in [6, 6.07) is 40.6. The summed E-state index contributed by atoms with van der Waals surface area (Å²) in [5, 5.41) is 0. The van der Waals surface area contributed by atoms with E-state index >= 15 is 0 Å². The van der Waals surface area contributed by atoms with Crippen LogP contribution in [-0.2, 0) is 46.7 Å². The van der Waals surface area contributed by atoms with Crippen LogP contribution in [0, 0.1) is 0 Å². The number of benzene rings is 1. The van der Waals surface area contributed by atoms with Crippen LogP contribution in [0.15, 0.2) is 250 Å². The Morgan fingerprint density at radius 1 is 0.417 bits per heavy atom. The summed E-state index contributed by atoms with van der Waals surface area (Å²) in [4.78, 5) is 44.6. The van der Waals surface area contributed by atoms with Crippen LogP contribution >= 0.6 is 11.3 Å². The van der Waals surface area contributed by atoms with Crippen molar-refractivity contribution >= 4 is 94.2 Å². The second kappa shape index (κ2) is 21.8. The summed E-state index contributed by atoms with van der Waals surface area (Å²) < 4.78 is 58.4. The number of imidazole rings is 8. The van der Waals surface area contributed by atoms with Crippen LogP contribution < -0.4 is 22.3 Å². The smallest absolute Gasteiger partial charge is 0.329 e. The maximum atomic E-state index is 7.93. The third-order valence-corrected chi connectivity index (χ3v) is 21.5. The van der Waals surface area contributed by atoms with E-state index in [1.807, 2.05) is 161 Å². The van der Waals surface area contributed by atoms with Crippen molar-refractivity contribution in [3.63, 3.8) is 0 Å². The van der Waals surface area contributed by atoms with Crippen LogP contribution in [0.3, 0.4) is 0 Å². The van der Waals surface area contributed by atoms with E-state index in [9.17, 15) is 0 Å². The van der Waals surface area contributed by atoms with Crippen molar-refractivity contribution < 1.29 is 30.9 Å². The largest absolute Gasteiger partial charge is 0.419 e.